The number of rotatable bonds is 2. The van der Waals surface area contributed by atoms with Gasteiger partial charge in [-0.1, -0.05) is 26.8 Å². The monoisotopic (exact) mass is 224 g/mol. The molecule has 0 aliphatic heterocycles. The Morgan fingerprint density at radius 3 is 2.06 bits per heavy atom. The highest BCUT2D eigenvalue weighted by molar-refractivity contribution is 5.85. The summed E-state index contributed by atoms with van der Waals surface area (Å²) in [6.45, 7) is 8.60. The molecule has 1 aliphatic carbocycles. The van der Waals surface area contributed by atoms with Crippen molar-refractivity contribution >= 4 is 5.97 Å². The summed E-state index contributed by atoms with van der Waals surface area (Å²) in [5.74, 6) is 0.495. The van der Waals surface area contributed by atoms with Crippen LogP contribution in [0.4, 0.5) is 0 Å². The molecule has 0 aromatic heterocycles. The largest absolute Gasteiger partial charge is 0.478 e. The summed E-state index contributed by atoms with van der Waals surface area (Å²) < 4.78 is 0. The second-order valence-corrected chi connectivity index (χ2v) is 6.13. The Kier molecular flexibility index (Phi) is 4.17. The molecule has 0 radical (unpaired) electrons. The van der Waals surface area contributed by atoms with E-state index >= 15 is 0 Å². The van der Waals surface area contributed by atoms with Crippen LogP contribution < -0.4 is 0 Å². The first-order valence-corrected chi connectivity index (χ1v) is 6.22. The van der Waals surface area contributed by atoms with Crippen molar-refractivity contribution < 1.29 is 9.90 Å². The van der Waals surface area contributed by atoms with Crippen molar-refractivity contribution in [3.63, 3.8) is 0 Å². The number of hydrogen-bond donors (Lipinski definition) is 1. The highest BCUT2D eigenvalue weighted by atomic mass is 16.4. The number of carboxylic acid groups (broad SMARTS) is 1. The minimum Gasteiger partial charge on any atom is -0.478 e. The lowest BCUT2D eigenvalue weighted by Gasteiger charge is -2.36. The van der Waals surface area contributed by atoms with Crippen LogP contribution in [0.15, 0.2) is 11.6 Å². The zero-order chi connectivity index (χ0) is 12.3. The van der Waals surface area contributed by atoms with Gasteiger partial charge in [-0.05, 0) is 49.9 Å². The van der Waals surface area contributed by atoms with Gasteiger partial charge in [0.05, 0.1) is 0 Å². The van der Waals surface area contributed by atoms with E-state index in [1.807, 2.05) is 6.08 Å². The molecular weight excluding hydrogens is 200 g/mol. The molecule has 0 heterocycles. The summed E-state index contributed by atoms with van der Waals surface area (Å²) in [5.41, 5.74) is 0.899. The summed E-state index contributed by atoms with van der Waals surface area (Å²) in [6, 6.07) is 0. The van der Waals surface area contributed by atoms with Crippen molar-refractivity contribution in [3.8, 4) is 0 Å². The fourth-order valence-electron chi connectivity index (χ4n) is 2.58. The predicted octanol–water partition coefficient (Wildman–Crippen LogP) is 3.87. The molecule has 2 heteroatoms. The number of carboxylic acids is 1. The molecule has 0 saturated heterocycles. The third-order valence-electron chi connectivity index (χ3n) is 3.82. The van der Waals surface area contributed by atoms with E-state index in [2.05, 4.69) is 20.8 Å². The maximum atomic E-state index is 10.7. The Morgan fingerprint density at radius 1 is 1.19 bits per heavy atom. The maximum absolute atomic E-state index is 10.7. The molecule has 1 N–H and O–H groups in total. The van der Waals surface area contributed by atoms with E-state index in [0.29, 0.717) is 16.9 Å². The van der Waals surface area contributed by atoms with Crippen molar-refractivity contribution in [2.45, 2.75) is 53.4 Å². The van der Waals surface area contributed by atoms with Crippen molar-refractivity contribution in [3.05, 3.63) is 11.6 Å². The molecule has 0 amide bonds. The van der Waals surface area contributed by atoms with E-state index in [1.54, 1.807) is 6.92 Å². The Hall–Kier alpha value is -0.790. The minimum atomic E-state index is -0.780. The van der Waals surface area contributed by atoms with Crippen LogP contribution in [0.5, 0.6) is 0 Å². The maximum Gasteiger partial charge on any atom is 0.330 e. The van der Waals surface area contributed by atoms with E-state index in [1.165, 1.54) is 12.8 Å². The predicted molar refractivity (Wildman–Crippen MR) is 66.3 cm³/mol. The second kappa shape index (κ2) is 5.03. The van der Waals surface area contributed by atoms with Crippen LogP contribution >= 0.6 is 0 Å². The number of allylic oxidation sites excluding steroid dienone is 1. The van der Waals surface area contributed by atoms with Crippen LogP contribution in [0.1, 0.15) is 53.4 Å². The van der Waals surface area contributed by atoms with Crippen LogP contribution in [0.2, 0.25) is 0 Å². The zero-order valence-corrected chi connectivity index (χ0v) is 10.9. The van der Waals surface area contributed by atoms with Crippen molar-refractivity contribution in [2.24, 2.45) is 17.3 Å². The summed E-state index contributed by atoms with van der Waals surface area (Å²) in [7, 11) is 0. The summed E-state index contributed by atoms with van der Waals surface area (Å²) >= 11 is 0. The molecule has 0 unspecified atom stereocenters. The van der Waals surface area contributed by atoms with Crippen LogP contribution in [-0.4, -0.2) is 11.1 Å². The van der Waals surface area contributed by atoms with Gasteiger partial charge in [-0.15, -0.1) is 0 Å². The van der Waals surface area contributed by atoms with E-state index in [-0.39, 0.29) is 0 Å². The van der Waals surface area contributed by atoms with E-state index in [4.69, 9.17) is 5.11 Å². The highest BCUT2D eigenvalue weighted by Crippen LogP contribution is 2.40. The van der Waals surface area contributed by atoms with Gasteiger partial charge in [-0.2, -0.15) is 0 Å². The molecule has 0 atom stereocenters. The smallest absolute Gasteiger partial charge is 0.330 e. The van der Waals surface area contributed by atoms with Crippen molar-refractivity contribution in [1.29, 1.82) is 0 Å². The molecule has 1 rings (SSSR count). The first kappa shape index (κ1) is 13.3. The van der Waals surface area contributed by atoms with Gasteiger partial charge < -0.3 is 5.11 Å². The van der Waals surface area contributed by atoms with Crippen LogP contribution in [-0.2, 0) is 4.79 Å². The van der Waals surface area contributed by atoms with Gasteiger partial charge in [0.25, 0.3) is 0 Å². The molecule has 1 saturated carbocycles. The van der Waals surface area contributed by atoms with Gasteiger partial charge in [-0.25, -0.2) is 4.79 Å². The normalized spacial score (nSPS) is 27.9. The Labute approximate surface area is 98.7 Å². The third kappa shape index (κ3) is 3.66. The van der Waals surface area contributed by atoms with Crippen LogP contribution in [0, 0.1) is 17.3 Å². The lowest BCUT2D eigenvalue weighted by atomic mass is 9.69. The quantitative estimate of drug-likeness (QED) is 0.723. The lowest BCUT2D eigenvalue weighted by Crippen LogP contribution is -2.25. The third-order valence-corrected chi connectivity index (χ3v) is 3.82. The topological polar surface area (TPSA) is 37.3 Å². The Morgan fingerprint density at radius 2 is 1.69 bits per heavy atom. The first-order valence-electron chi connectivity index (χ1n) is 6.22. The van der Waals surface area contributed by atoms with E-state index in [9.17, 15) is 4.79 Å². The average molecular weight is 224 g/mol. The van der Waals surface area contributed by atoms with Gasteiger partial charge in [0.2, 0.25) is 0 Å². The van der Waals surface area contributed by atoms with Gasteiger partial charge in [-0.3, -0.25) is 0 Å². The van der Waals surface area contributed by atoms with Gasteiger partial charge in [0.15, 0.2) is 0 Å². The van der Waals surface area contributed by atoms with Crippen molar-refractivity contribution in [1.82, 2.24) is 0 Å². The molecule has 0 aromatic rings. The fraction of sp³-hybridized carbons (Fsp3) is 0.786. The van der Waals surface area contributed by atoms with Gasteiger partial charge >= 0.3 is 5.97 Å². The molecule has 0 bridgehead atoms. The Balaban J connectivity index is 2.50. The standard InChI is InChI=1S/C14H24O2/c1-10(13(15)16)9-11-5-7-12(8-6-11)14(2,3)4/h9,11-12H,5-8H2,1-4H3,(H,15,16). The van der Waals surface area contributed by atoms with Gasteiger partial charge in [0, 0.05) is 5.57 Å². The zero-order valence-electron chi connectivity index (χ0n) is 10.9. The summed E-state index contributed by atoms with van der Waals surface area (Å²) in [4.78, 5) is 10.7. The van der Waals surface area contributed by atoms with E-state index < -0.39 is 5.97 Å². The Bertz CT molecular complexity index is 276. The number of aliphatic carboxylic acids is 1. The molecule has 2 nitrogen and oxygen atoms in total. The minimum absolute atomic E-state index is 0.399. The van der Waals surface area contributed by atoms with Gasteiger partial charge in [0.1, 0.15) is 0 Å². The number of hydrogen-bond acceptors (Lipinski definition) is 1. The lowest BCUT2D eigenvalue weighted by molar-refractivity contribution is -0.132. The fourth-order valence-corrected chi connectivity index (χ4v) is 2.58. The molecule has 1 aliphatic rings. The first-order chi connectivity index (χ1) is 7.30. The van der Waals surface area contributed by atoms with Crippen LogP contribution in [0.25, 0.3) is 0 Å². The molecule has 92 valence electrons. The summed E-state index contributed by atoms with van der Waals surface area (Å²) in [5, 5.41) is 8.83. The average Bonchev–Trinajstić information content (AvgIpc) is 2.17. The van der Waals surface area contributed by atoms with Crippen LogP contribution in [0.3, 0.4) is 0 Å². The molecule has 1 fully saturated rings. The molecule has 0 spiro atoms. The highest BCUT2D eigenvalue weighted by Gasteiger charge is 2.29. The SMILES string of the molecule is CC(=CC1CCC(C(C)(C)C)CC1)C(=O)O. The summed E-state index contributed by atoms with van der Waals surface area (Å²) in [6.07, 6.45) is 6.70. The number of carbonyl (C=O) groups is 1. The molecule has 16 heavy (non-hydrogen) atoms. The van der Waals surface area contributed by atoms with E-state index in [0.717, 1.165) is 18.8 Å². The molecular formula is C14H24O2. The second-order valence-electron chi connectivity index (χ2n) is 6.13. The molecule has 0 aromatic carbocycles. The van der Waals surface area contributed by atoms with Crippen molar-refractivity contribution in [2.75, 3.05) is 0 Å².